The first-order chi connectivity index (χ1) is 14.4. The first kappa shape index (κ1) is 21.1. The van der Waals surface area contributed by atoms with Crippen LogP contribution >= 0.6 is 0 Å². The molecule has 5 heteroatoms. The van der Waals surface area contributed by atoms with Gasteiger partial charge < -0.3 is 4.74 Å². The molecule has 0 aromatic heterocycles. The van der Waals surface area contributed by atoms with E-state index in [4.69, 9.17) is 4.74 Å². The number of nitrogens with one attached hydrogen (secondary N) is 2. The van der Waals surface area contributed by atoms with E-state index in [2.05, 4.69) is 24.7 Å². The Morgan fingerprint density at radius 3 is 1.93 bits per heavy atom. The third-order valence-corrected chi connectivity index (χ3v) is 4.78. The molecule has 3 aromatic rings. The van der Waals surface area contributed by atoms with E-state index in [-0.39, 0.29) is 0 Å². The van der Waals surface area contributed by atoms with E-state index in [1.54, 1.807) is 19.1 Å². The van der Waals surface area contributed by atoms with Gasteiger partial charge in [-0.2, -0.15) is 0 Å². The van der Waals surface area contributed by atoms with E-state index < -0.39 is 17.9 Å². The normalized spacial score (nSPS) is 11.6. The molecule has 2 amide bonds. The van der Waals surface area contributed by atoms with Crippen LogP contribution in [0.4, 0.5) is 0 Å². The van der Waals surface area contributed by atoms with Crippen LogP contribution in [0.25, 0.3) is 11.1 Å². The van der Waals surface area contributed by atoms with Crippen molar-refractivity contribution < 1.29 is 14.3 Å². The van der Waals surface area contributed by atoms with Crippen LogP contribution in [0, 0.1) is 0 Å². The van der Waals surface area contributed by atoms with Gasteiger partial charge in [0.05, 0.1) is 0 Å². The lowest BCUT2D eigenvalue weighted by Gasteiger charge is -2.16. The molecule has 0 saturated carbocycles. The fourth-order valence-electron chi connectivity index (χ4n) is 2.93. The van der Waals surface area contributed by atoms with Gasteiger partial charge in [-0.05, 0) is 53.8 Å². The largest absolute Gasteiger partial charge is 0.481 e. The maximum atomic E-state index is 12.3. The molecule has 5 nitrogen and oxygen atoms in total. The Balaban J connectivity index is 1.51. The van der Waals surface area contributed by atoms with E-state index in [9.17, 15) is 9.59 Å². The van der Waals surface area contributed by atoms with Crippen molar-refractivity contribution in [1.82, 2.24) is 10.9 Å². The first-order valence-corrected chi connectivity index (χ1v) is 9.96. The number of carbonyl (C=O) groups is 2. The molecule has 0 aliphatic rings. The first-order valence-electron chi connectivity index (χ1n) is 9.96. The maximum absolute atomic E-state index is 12.3. The summed E-state index contributed by atoms with van der Waals surface area (Å²) in [5, 5.41) is 0. The zero-order chi connectivity index (χ0) is 21.5. The summed E-state index contributed by atoms with van der Waals surface area (Å²) >= 11 is 0. The molecule has 2 N–H and O–H groups in total. The van der Waals surface area contributed by atoms with Gasteiger partial charge in [0.15, 0.2) is 6.10 Å². The summed E-state index contributed by atoms with van der Waals surface area (Å²) in [6.07, 6.45) is -0.754. The molecule has 1 unspecified atom stereocenters. The second kappa shape index (κ2) is 9.74. The van der Waals surface area contributed by atoms with E-state index in [0.717, 1.165) is 11.1 Å². The number of ether oxygens (including phenoxy) is 1. The molecule has 30 heavy (non-hydrogen) atoms. The highest BCUT2D eigenvalue weighted by Gasteiger charge is 2.16. The topological polar surface area (TPSA) is 67.4 Å². The van der Waals surface area contributed by atoms with Crippen molar-refractivity contribution in [3.05, 3.63) is 90.0 Å². The second-order valence-electron chi connectivity index (χ2n) is 7.37. The van der Waals surface area contributed by atoms with Gasteiger partial charge in [0, 0.05) is 5.56 Å². The molecule has 154 valence electrons. The van der Waals surface area contributed by atoms with Gasteiger partial charge in [0.1, 0.15) is 5.75 Å². The number of hydrogen-bond acceptors (Lipinski definition) is 3. The maximum Gasteiger partial charge on any atom is 0.279 e. The predicted octanol–water partition coefficient (Wildman–Crippen LogP) is 4.71. The summed E-state index contributed by atoms with van der Waals surface area (Å²) in [7, 11) is 0. The lowest BCUT2D eigenvalue weighted by atomic mass is 10.0. The molecule has 0 radical (unpaired) electrons. The van der Waals surface area contributed by atoms with E-state index in [0.29, 0.717) is 17.2 Å². The quantitative estimate of drug-likeness (QED) is 0.587. The molecule has 0 spiro atoms. The van der Waals surface area contributed by atoms with Crippen molar-refractivity contribution in [3.8, 4) is 16.9 Å². The summed E-state index contributed by atoms with van der Waals surface area (Å²) in [6, 6.07) is 24.7. The summed E-state index contributed by atoms with van der Waals surface area (Å²) in [4.78, 5) is 24.6. The Bertz CT molecular complexity index is 981. The van der Waals surface area contributed by atoms with Crippen molar-refractivity contribution in [2.75, 3.05) is 0 Å². The molecular formula is C25H26N2O3. The Morgan fingerprint density at radius 2 is 1.33 bits per heavy atom. The van der Waals surface area contributed by atoms with Crippen molar-refractivity contribution in [2.45, 2.75) is 32.8 Å². The van der Waals surface area contributed by atoms with Crippen LogP contribution in [0.5, 0.6) is 5.75 Å². The molecule has 0 aliphatic carbocycles. The van der Waals surface area contributed by atoms with Gasteiger partial charge in [0.2, 0.25) is 0 Å². The average Bonchev–Trinajstić information content (AvgIpc) is 2.78. The minimum absolute atomic E-state index is 0.392. The SMILES string of the molecule is CC(Oc1ccc(C(C)C)cc1)C(=O)NNC(=O)c1ccc(-c2ccccc2)cc1. The number of hydrogen-bond donors (Lipinski definition) is 2. The summed E-state index contributed by atoms with van der Waals surface area (Å²) < 4.78 is 5.65. The lowest BCUT2D eigenvalue weighted by molar-refractivity contribution is -0.128. The number of hydrazine groups is 1. The molecule has 1 atom stereocenters. The summed E-state index contributed by atoms with van der Waals surface area (Å²) in [6.45, 7) is 5.86. The van der Waals surface area contributed by atoms with Crippen LogP contribution in [-0.2, 0) is 4.79 Å². The molecule has 0 bridgehead atoms. The Morgan fingerprint density at radius 1 is 0.733 bits per heavy atom. The molecule has 0 fully saturated rings. The van der Waals surface area contributed by atoms with Gasteiger partial charge in [-0.1, -0.05) is 68.4 Å². The predicted molar refractivity (Wildman–Crippen MR) is 118 cm³/mol. The number of amides is 2. The summed E-state index contributed by atoms with van der Waals surface area (Å²) in [5.41, 5.74) is 8.58. The van der Waals surface area contributed by atoms with Gasteiger partial charge in [-0.3, -0.25) is 20.4 Å². The highest BCUT2D eigenvalue weighted by Crippen LogP contribution is 2.20. The highest BCUT2D eigenvalue weighted by molar-refractivity contribution is 5.96. The number of rotatable bonds is 6. The molecule has 3 rings (SSSR count). The molecular weight excluding hydrogens is 376 g/mol. The van der Waals surface area contributed by atoms with Gasteiger partial charge in [0.25, 0.3) is 11.8 Å². The van der Waals surface area contributed by atoms with Crippen LogP contribution in [0.2, 0.25) is 0 Å². The monoisotopic (exact) mass is 402 g/mol. The van der Waals surface area contributed by atoms with Crippen LogP contribution in [0.3, 0.4) is 0 Å². The van der Waals surface area contributed by atoms with Gasteiger partial charge >= 0.3 is 0 Å². The van der Waals surface area contributed by atoms with E-state index in [1.165, 1.54) is 5.56 Å². The van der Waals surface area contributed by atoms with Crippen LogP contribution < -0.4 is 15.6 Å². The van der Waals surface area contributed by atoms with Gasteiger partial charge in [-0.15, -0.1) is 0 Å². The molecule has 0 saturated heterocycles. The molecule has 0 aliphatic heterocycles. The van der Waals surface area contributed by atoms with Crippen molar-refractivity contribution >= 4 is 11.8 Å². The molecule has 3 aromatic carbocycles. The van der Waals surface area contributed by atoms with Gasteiger partial charge in [-0.25, -0.2) is 0 Å². The van der Waals surface area contributed by atoms with E-state index in [1.807, 2.05) is 66.7 Å². The smallest absolute Gasteiger partial charge is 0.279 e. The Labute approximate surface area is 177 Å². The fraction of sp³-hybridized carbons (Fsp3) is 0.200. The van der Waals surface area contributed by atoms with Crippen LogP contribution in [0.1, 0.15) is 42.6 Å². The Kier molecular flexibility index (Phi) is 6.86. The van der Waals surface area contributed by atoms with E-state index >= 15 is 0 Å². The zero-order valence-electron chi connectivity index (χ0n) is 17.4. The second-order valence-corrected chi connectivity index (χ2v) is 7.37. The minimum Gasteiger partial charge on any atom is -0.481 e. The fourth-order valence-corrected chi connectivity index (χ4v) is 2.93. The van der Waals surface area contributed by atoms with Crippen LogP contribution in [-0.4, -0.2) is 17.9 Å². The minimum atomic E-state index is -0.754. The Hall–Kier alpha value is -3.60. The average molecular weight is 402 g/mol. The summed E-state index contributed by atoms with van der Waals surface area (Å²) in [5.74, 6) is 0.204. The van der Waals surface area contributed by atoms with Crippen molar-refractivity contribution in [3.63, 3.8) is 0 Å². The number of carbonyl (C=O) groups excluding carboxylic acids is 2. The zero-order valence-corrected chi connectivity index (χ0v) is 17.4. The highest BCUT2D eigenvalue weighted by atomic mass is 16.5. The van der Waals surface area contributed by atoms with Crippen LogP contribution in [0.15, 0.2) is 78.9 Å². The third kappa shape index (κ3) is 5.47. The molecule has 0 heterocycles. The van der Waals surface area contributed by atoms with Crippen molar-refractivity contribution in [1.29, 1.82) is 0 Å². The third-order valence-electron chi connectivity index (χ3n) is 4.78. The number of benzene rings is 3. The van der Waals surface area contributed by atoms with Crippen molar-refractivity contribution in [2.24, 2.45) is 0 Å². The standard InChI is InChI=1S/C25H26N2O3/c1-17(2)19-13-15-23(16-14-19)30-18(3)24(28)26-27-25(29)22-11-9-21(10-12-22)20-7-5-4-6-8-20/h4-18H,1-3H3,(H,26,28)(H,27,29). The lowest BCUT2D eigenvalue weighted by Crippen LogP contribution is -2.47.